The zero-order chi connectivity index (χ0) is 19.6. The molecule has 27 heavy (non-hydrogen) atoms. The second-order valence-electron chi connectivity index (χ2n) is 6.17. The minimum Gasteiger partial charge on any atom is -0.507 e. The second kappa shape index (κ2) is 7.67. The molecule has 142 valence electrons. The molecule has 0 bridgehead atoms. The number of amides is 1. The summed E-state index contributed by atoms with van der Waals surface area (Å²) in [7, 11) is 3.02. The Morgan fingerprint density at radius 1 is 1.22 bits per heavy atom. The van der Waals surface area contributed by atoms with Gasteiger partial charge in [0.2, 0.25) is 0 Å². The van der Waals surface area contributed by atoms with Gasteiger partial charge in [0, 0.05) is 19.2 Å². The molecule has 1 fully saturated rings. The largest absolute Gasteiger partial charge is 0.507 e. The van der Waals surface area contributed by atoms with Crippen LogP contribution in [-0.2, 0) is 14.3 Å². The topological polar surface area (TPSA) is 89.2 Å². The van der Waals surface area contributed by atoms with E-state index in [4.69, 9.17) is 13.9 Å². The molecular weight excluding hydrogens is 350 g/mol. The molecule has 1 amide bonds. The molecule has 3 rings (SSSR count). The van der Waals surface area contributed by atoms with Crippen molar-refractivity contribution in [2.75, 3.05) is 27.4 Å². The standard InChI is InChI=1S/C20H21NO6/c1-12-7-8-15(27-12)17-16(19(23)20(24)21(17)9-10-25-2)18(22)13-5-4-6-14(11-13)26-3/h4-8,11,17,22H,9-10H2,1-3H3/b18-16-/t17-/m0/s1. The quantitative estimate of drug-likeness (QED) is 0.477. The first-order chi connectivity index (χ1) is 13.0. The van der Waals surface area contributed by atoms with Gasteiger partial charge in [-0.25, -0.2) is 0 Å². The van der Waals surface area contributed by atoms with Gasteiger partial charge in [-0.2, -0.15) is 0 Å². The van der Waals surface area contributed by atoms with Crippen molar-refractivity contribution >= 4 is 17.4 Å². The summed E-state index contributed by atoms with van der Waals surface area (Å²) in [6.07, 6.45) is 0. The first-order valence-electron chi connectivity index (χ1n) is 8.46. The van der Waals surface area contributed by atoms with Crippen LogP contribution in [0.3, 0.4) is 0 Å². The fourth-order valence-corrected chi connectivity index (χ4v) is 3.12. The van der Waals surface area contributed by atoms with Crippen LogP contribution in [0.25, 0.3) is 5.76 Å². The Morgan fingerprint density at radius 3 is 2.63 bits per heavy atom. The van der Waals surface area contributed by atoms with Crippen LogP contribution in [0.4, 0.5) is 0 Å². The first kappa shape index (κ1) is 18.7. The molecule has 1 saturated heterocycles. The average molecular weight is 371 g/mol. The third-order valence-electron chi connectivity index (χ3n) is 4.45. The summed E-state index contributed by atoms with van der Waals surface area (Å²) in [5, 5.41) is 10.9. The minimum absolute atomic E-state index is 0.0151. The summed E-state index contributed by atoms with van der Waals surface area (Å²) in [4.78, 5) is 26.7. The molecular formula is C20H21NO6. The molecule has 1 aliphatic heterocycles. The van der Waals surface area contributed by atoms with Crippen LogP contribution < -0.4 is 4.74 Å². The SMILES string of the molecule is COCCN1C(=O)C(=O)/C(=C(\O)c2cccc(OC)c2)[C@@H]1c1ccc(C)o1. The third-order valence-corrected chi connectivity index (χ3v) is 4.45. The van der Waals surface area contributed by atoms with E-state index in [9.17, 15) is 14.7 Å². The van der Waals surface area contributed by atoms with Crippen LogP contribution in [0.15, 0.2) is 46.4 Å². The number of carbonyl (C=O) groups is 2. The number of rotatable bonds is 6. The number of ketones is 1. The van der Waals surface area contributed by atoms with E-state index in [0.29, 0.717) is 22.8 Å². The number of methoxy groups -OCH3 is 2. The van der Waals surface area contributed by atoms with Crippen LogP contribution in [0.1, 0.15) is 23.1 Å². The highest BCUT2D eigenvalue weighted by Gasteiger charge is 2.47. The van der Waals surface area contributed by atoms with Crippen LogP contribution in [0, 0.1) is 6.92 Å². The lowest BCUT2D eigenvalue weighted by molar-refractivity contribution is -0.140. The number of aliphatic hydroxyl groups excluding tert-OH is 1. The number of ether oxygens (including phenoxy) is 2. The van der Waals surface area contributed by atoms with Gasteiger partial charge in [0.05, 0.1) is 19.3 Å². The van der Waals surface area contributed by atoms with Crippen molar-refractivity contribution in [3.63, 3.8) is 0 Å². The number of likely N-dealkylation sites (tertiary alicyclic amines) is 1. The molecule has 2 aromatic rings. The van der Waals surface area contributed by atoms with E-state index >= 15 is 0 Å². The van der Waals surface area contributed by atoms with Crippen molar-refractivity contribution < 1.29 is 28.6 Å². The predicted molar refractivity (Wildman–Crippen MR) is 97.3 cm³/mol. The van der Waals surface area contributed by atoms with Crippen molar-refractivity contribution in [2.45, 2.75) is 13.0 Å². The smallest absolute Gasteiger partial charge is 0.295 e. The van der Waals surface area contributed by atoms with Crippen molar-refractivity contribution in [2.24, 2.45) is 0 Å². The number of benzene rings is 1. The lowest BCUT2D eigenvalue weighted by Gasteiger charge is -2.22. The summed E-state index contributed by atoms with van der Waals surface area (Å²) in [6, 6.07) is 9.29. The molecule has 0 saturated carbocycles. The molecule has 2 heterocycles. The van der Waals surface area contributed by atoms with Crippen molar-refractivity contribution in [1.29, 1.82) is 0 Å². The van der Waals surface area contributed by atoms with Crippen molar-refractivity contribution in [3.8, 4) is 5.75 Å². The number of carbonyl (C=O) groups excluding carboxylic acids is 2. The Balaban J connectivity index is 2.14. The predicted octanol–water partition coefficient (Wildman–Crippen LogP) is 2.66. The van der Waals surface area contributed by atoms with E-state index in [2.05, 4.69) is 0 Å². The Kier molecular flexibility index (Phi) is 5.32. The van der Waals surface area contributed by atoms with Crippen molar-refractivity contribution in [1.82, 2.24) is 4.90 Å². The van der Waals surface area contributed by atoms with Gasteiger partial charge in [-0.05, 0) is 31.2 Å². The molecule has 1 atom stereocenters. The lowest BCUT2D eigenvalue weighted by atomic mass is 9.99. The van der Waals surface area contributed by atoms with Crippen LogP contribution in [-0.4, -0.2) is 49.1 Å². The van der Waals surface area contributed by atoms with Gasteiger partial charge in [0.25, 0.3) is 11.7 Å². The van der Waals surface area contributed by atoms with Gasteiger partial charge >= 0.3 is 0 Å². The number of furan rings is 1. The highest BCUT2D eigenvalue weighted by molar-refractivity contribution is 6.46. The fraction of sp³-hybridized carbons (Fsp3) is 0.300. The maximum atomic E-state index is 12.7. The molecule has 0 unspecified atom stereocenters. The monoisotopic (exact) mass is 371 g/mol. The van der Waals surface area contributed by atoms with E-state index in [1.807, 2.05) is 0 Å². The zero-order valence-corrected chi connectivity index (χ0v) is 15.4. The van der Waals surface area contributed by atoms with Crippen LogP contribution in [0.5, 0.6) is 5.75 Å². The third kappa shape index (κ3) is 3.46. The zero-order valence-electron chi connectivity index (χ0n) is 15.4. The van der Waals surface area contributed by atoms with Gasteiger partial charge < -0.3 is 23.9 Å². The number of aliphatic hydroxyl groups is 1. The number of nitrogens with zero attached hydrogens (tertiary/aromatic N) is 1. The van der Waals surface area contributed by atoms with E-state index in [0.717, 1.165) is 0 Å². The minimum atomic E-state index is -0.819. The number of Topliss-reactive ketones (excluding diaryl/α,β-unsaturated/α-hetero) is 1. The molecule has 7 heteroatoms. The highest BCUT2D eigenvalue weighted by Crippen LogP contribution is 2.40. The van der Waals surface area contributed by atoms with E-state index < -0.39 is 17.7 Å². The summed E-state index contributed by atoms with van der Waals surface area (Å²) >= 11 is 0. The normalized spacial score (nSPS) is 18.9. The molecule has 1 N–H and O–H groups in total. The molecule has 7 nitrogen and oxygen atoms in total. The van der Waals surface area contributed by atoms with Gasteiger partial charge in [0.1, 0.15) is 29.1 Å². The molecule has 1 aliphatic rings. The van der Waals surface area contributed by atoms with Crippen LogP contribution in [0.2, 0.25) is 0 Å². The summed E-state index contributed by atoms with van der Waals surface area (Å²) < 4.78 is 15.9. The maximum Gasteiger partial charge on any atom is 0.295 e. The van der Waals surface area contributed by atoms with Gasteiger partial charge in [-0.1, -0.05) is 12.1 Å². The highest BCUT2D eigenvalue weighted by atomic mass is 16.5. The maximum absolute atomic E-state index is 12.7. The Labute approximate surface area is 156 Å². The van der Waals surface area contributed by atoms with Crippen molar-refractivity contribution in [3.05, 3.63) is 59.1 Å². The summed E-state index contributed by atoms with van der Waals surface area (Å²) in [5.41, 5.74) is 0.367. The molecule has 0 radical (unpaired) electrons. The van der Waals surface area contributed by atoms with Gasteiger partial charge in [-0.15, -0.1) is 0 Å². The van der Waals surface area contributed by atoms with E-state index in [-0.39, 0.29) is 24.5 Å². The molecule has 0 aliphatic carbocycles. The summed E-state index contributed by atoms with van der Waals surface area (Å²) in [6.45, 7) is 2.22. The average Bonchev–Trinajstić information content (AvgIpc) is 3.21. The molecule has 0 spiro atoms. The van der Waals surface area contributed by atoms with E-state index in [1.54, 1.807) is 43.3 Å². The first-order valence-corrected chi connectivity index (χ1v) is 8.46. The fourth-order valence-electron chi connectivity index (χ4n) is 3.12. The van der Waals surface area contributed by atoms with Crippen LogP contribution >= 0.6 is 0 Å². The molecule has 1 aromatic heterocycles. The Morgan fingerprint density at radius 2 is 2.00 bits per heavy atom. The molecule has 1 aromatic carbocycles. The van der Waals surface area contributed by atoms with Gasteiger partial charge in [-0.3, -0.25) is 9.59 Å². The Hall–Kier alpha value is -3.06. The van der Waals surface area contributed by atoms with Gasteiger partial charge in [0.15, 0.2) is 0 Å². The number of hydrogen-bond donors (Lipinski definition) is 1. The number of hydrogen-bond acceptors (Lipinski definition) is 6. The Bertz CT molecular complexity index is 897. The number of aryl methyl sites for hydroxylation is 1. The lowest BCUT2D eigenvalue weighted by Crippen LogP contribution is -2.32. The van der Waals surface area contributed by atoms with E-state index in [1.165, 1.54) is 19.1 Å². The second-order valence-corrected chi connectivity index (χ2v) is 6.17. The summed E-state index contributed by atoms with van der Waals surface area (Å²) in [5.74, 6) is -0.152.